The van der Waals surface area contributed by atoms with Gasteiger partial charge in [0.05, 0.1) is 15.9 Å². The van der Waals surface area contributed by atoms with E-state index >= 15 is 0 Å². The van der Waals surface area contributed by atoms with Gasteiger partial charge in [0.15, 0.2) is 0 Å². The molecule has 0 bridgehead atoms. The molecule has 0 radical (unpaired) electrons. The van der Waals surface area contributed by atoms with Crippen LogP contribution < -0.4 is 15.9 Å². The number of carbonyl (C=O) groups excluding carboxylic acids is 1. The van der Waals surface area contributed by atoms with Crippen LogP contribution in [0.5, 0.6) is 0 Å². The molecule has 0 saturated carbocycles. The van der Waals surface area contributed by atoms with Crippen molar-refractivity contribution in [1.82, 2.24) is 25.2 Å². The summed E-state index contributed by atoms with van der Waals surface area (Å²) in [6.07, 6.45) is 1.42. The summed E-state index contributed by atoms with van der Waals surface area (Å²) in [5, 5.41) is 0. The highest BCUT2D eigenvalue weighted by molar-refractivity contribution is 7.89. The lowest BCUT2D eigenvalue weighted by Gasteiger charge is -2.08. The molecule has 1 aromatic carbocycles. The first-order valence-corrected chi connectivity index (χ1v) is 7.89. The van der Waals surface area contributed by atoms with Crippen molar-refractivity contribution in [2.45, 2.75) is 4.90 Å². The van der Waals surface area contributed by atoms with E-state index in [1.54, 1.807) is 12.1 Å². The summed E-state index contributed by atoms with van der Waals surface area (Å²) in [4.78, 5) is 33.6. The Bertz CT molecular complexity index is 1020. The lowest BCUT2D eigenvalue weighted by Crippen LogP contribution is -2.41. The summed E-state index contributed by atoms with van der Waals surface area (Å²) in [5.41, 5.74) is 2.52. The second-order valence-corrected chi connectivity index (χ2v) is 6.24. The molecule has 0 atom stereocenters. The molecule has 1 amide bonds. The fourth-order valence-corrected chi connectivity index (χ4v) is 2.78. The van der Waals surface area contributed by atoms with Gasteiger partial charge in [-0.25, -0.2) is 13.2 Å². The number of fused-ring (bicyclic) bond motifs is 1. The number of pyridine rings is 1. The maximum absolute atomic E-state index is 12.2. The van der Waals surface area contributed by atoms with Crippen LogP contribution in [0.3, 0.4) is 0 Å². The van der Waals surface area contributed by atoms with Crippen molar-refractivity contribution >= 4 is 27.0 Å². The SMILES string of the molecule is O=C(NNS(=O)(=O)c1ccc2[nH]c(=O)[nH]c2c1)c1ccccn1. The third-order valence-corrected chi connectivity index (χ3v) is 4.24. The summed E-state index contributed by atoms with van der Waals surface area (Å²) in [6, 6.07) is 8.72. The molecule has 0 aliphatic heterocycles. The number of benzene rings is 1. The lowest BCUT2D eigenvalue weighted by molar-refractivity contribution is 0.0940. The van der Waals surface area contributed by atoms with E-state index in [1.807, 2.05) is 4.83 Å². The molecule has 23 heavy (non-hydrogen) atoms. The monoisotopic (exact) mass is 333 g/mol. The van der Waals surface area contributed by atoms with Crippen molar-refractivity contribution in [3.63, 3.8) is 0 Å². The minimum absolute atomic E-state index is 0.0700. The molecule has 0 spiro atoms. The van der Waals surface area contributed by atoms with Gasteiger partial charge in [-0.05, 0) is 30.3 Å². The van der Waals surface area contributed by atoms with Crippen molar-refractivity contribution < 1.29 is 13.2 Å². The zero-order chi connectivity index (χ0) is 16.4. The average molecular weight is 333 g/mol. The summed E-state index contributed by atoms with van der Waals surface area (Å²) >= 11 is 0. The molecule has 0 unspecified atom stereocenters. The summed E-state index contributed by atoms with van der Waals surface area (Å²) in [7, 11) is -3.99. The predicted octanol–water partition coefficient (Wildman–Crippen LogP) is -0.126. The Hall–Kier alpha value is -2.98. The van der Waals surface area contributed by atoms with Crippen molar-refractivity contribution in [2.24, 2.45) is 0 Å². The van der Waals surface area contributed by atoms with Crippen LogP contribution in [0.4, 0.5) is 0 Å². The first-order valence-electron chi connectivity index (χ1n) is 6.41. The number of imidazole rings is 1. The Morgan fingerprint density at radius 1 is 1.09 bits per heavy atom. The maximum Gasteiger partial charge on any atom is 0.323 e. The van der Waals surface area contributed by atoms with Crippen LogP contribution in [0.2, 0.25) is 0 Å². The Kier molecular flexibility index (Phi) is 3.68. The van der Waals surface area contributed by atoms with Crippen LogP contribution in [0, 0.1) is 0 Å². The smallest absolute Gasteiger partial charge is 0.306 e. The fraction of sp³-hybridized carbons (Fsp3) is 0. The summed E-state index contributed by atoms with van der Waals surface area (Å²) in [5.74, 6) is -0.690. The molecule has 9 nitrogen and oxygen atoms in total. The highest BCUT2D eigenvalue weighted by Gasteiger charge is 2.17. The Labute approximate surface area is 129 Å². The Balaban J connectivity index is 1.80. The van der Waals surface area contributed by atoms with Crippen molar-refractivity contribution in [1.29, 1.82) is 0 Å². The van der Waals surface area contributed by atoms with Crippen LogP contribution in [-0.2, 0) is 10.0 Å². The quantitative estimate of drug-likeness (QED) is 0.493. The number of sulfonamides is 1. The van der Waals surface area contributed by atoms with E-state index in [0.29, 0.717) is 11.0 Å². The van der Waals surface area contributed by atoms with E-state index in [2.05, 4.69) is 20.4 Å². The Morgan fingerprint density at radius 3 is 2.61 bits per heavy atom. The molecule has 10 heteroatoms. The molecule has 0 fully saturated rings. The summed E-state index contributed by atoms with van der Waals surface area (Å²) in [6.45, 7) is 0. The summed E-state index contributed by atoms with van der Waals surface area (Å²) < 4.78 is 24.3. The van der Waals surface area contributed by atoms with E-state index in [0.717, 1.165) is 0 Å². The molecule has 3 rings (SSSR count). The van der Waals surface area contributed by atoms with Gasteiger partial charge in [0, 0.05) is 6.20 Å². The van der Waals surface area contributed by atoms with Gasteiger partial charge in [-0.3, -0.25) is 15.2 Å². The zero-order valence-electron chi connectivity index (χ0n) is 11.5. The van der Waals surface area contributed by atoms with Gasteiger partial charge in [0.2, 0.25) is 0 Å². The van der Waals surface area contributed by atoms with Gasteiger partial charge in [-0.1, -0.05) is 6.07 Å². The van der Waals surface area contributed by atoms with Crippen molar-refractivity contribution in [3.05, 3.63) is 58.8 Å². The molecule has 3 aromatic rings. The number of hydrogen-bond donors (Lipinski definition) is 4. The first-order chi connectivity index (χ1) is 11.0. The largest absolute Gasteiger partial charge is 0.323 e. The van der Waals surface area contributed by atoms with E-state index in [4.69, 9.17) is 0 Å². The number of amides is 1. The minimum Gasteiger partial charge on any atom is -0.306 e. The highest BCUT2D eigenvalue weighted by atomic mass is 32.2. The molecule has 4 N–H and O–H groups in total. The highest BCUT2D eigenvalue weighted by Crippen LogP contribution is 2.14. The zero-order valence-corrected chi connectivity index (χ0v) is 12.3. The second-order valence-electron chi connectivity index (χ2n) is 4.56. The van der Waals surface area contributed by atoms with E-state index in [-0.39, 0.29) is 10.6 Å². The topological polar surface area (TPSA) is 137 Å². The van der Waals surface area contributed by atoms with Gasteiger partial charge < -0.3 is 9.97 Å². The number of carbonyl (C=O) groups is 1. The van der Waals surface area contributed by atoms with Crippen LogP contribution in [0.15, 0.2) is 52.3 Å². The van der Waals surface area contributed by atoms with Gasteiger partial charge in [0.1, 0.15) is 5.69 Å². The van der Waals surface area contributed by atoms with E-state index in [9.17, 15) is 18.0 Å². The third kappa shape index (κ3) is 3.12. The molecular formula is C13H11N5O4S. The number of aromatic nitrogens is 3. The molecule has 2 heterocycles. The minimum atomic E-state index is -3.99. The predicted molar refractivity (Wildman–Crippen MR) is 80.9 cm³/mol. The van der Waals surface area contributed by atoms with Gasteiger partial charge in [0.25, 0.3) is 15.9 Å². The van der Waals surface area contributed by atoms with Gasteiger partial charge >= 0.3 is 5.69 Å². The third-order valence-electron chi connectivity index (χ3n) is 2.99. The number of rotatable bonds is 4. The fourth-order valence-electron chi connectivity index (χ4n) is 1.91. The van der Waals surface area contributed by atoms with Crippen LogP contribution in [-0.4, -0.2) is 29.3 Å². The maximum atomic E-state index is 12.2. The molecule has 118 valence electrons. The molecule has 0 aliphatic carbocycles. The number of nitrogens with one attached hydrogen (secondary N) is 4. The van der Waals surface area contributed by atoms with Crippen LogP contribution >= 0.6 is 0 Å². The number of H-pyrrole nitrogens is 2. The molecule has 2 aromatic heterocycles. The molecule has 0 saturated heterocycles. The number of aromatic amines is 2. The standard InChI is InChI=1S/C13H11N5O4S/c19-12(10-3-1-2-6-14-10)17-18-23(21,22)8-4-5-9-11(7-8)16-13(20)15-9/h1-7,18H,(H,17,19)(H2,15,16,20). The lowest BCUT2D eigenvalue weighted by atomic mass is 10.3. The van der Waals surface area contributed by atoms with Crippen LogP contribution in [0.25, 0.3) is 11.0 Å². The molecule has 0 aliphatic rings. The van der Waals surface area contributed by atoms with E-state index < -0.39 is 21.6 Å². The Morgan fingerprint density at radius 2 is 1.87 bits per heavy atom. The van der Waals surface area contributed by atoms with Crippen molar-refractivity contribution in [3.8, 4) is 0 Å². The second kappa shape index (κ2) is 5.66. The number of hydrazine groups is 1. The van der Waals surface area contributed by atoms with Crippen molar-refractivity contribution in [2.75, 3.05) is 0 Å². The molecular weight excluding hydrogens is 322 g/mol. The normalized spacial score (nSPS) is 11.5. The number of nitrogens with zero attached hydrogens (tertiary/aromatic N) is 1. The van der Waals surface area contributed by atoms with Gasteiger partial charge in [-0.15, -0.1) is 4.83 Å². The van der Waals surface area contributed by atoms with Gasteiger partial charge in [-0.2, -0.15) is 0 Å². The first kappa shape index (κ1) is 14.9. The van der Waals surface area contributed by atoms with Crippen LogP contribution in [0.1, 0.15) is 10.5 Å². The number of hydrogen-bond acceptors (Lipinski definition) is 5. The van der Waals surface area contributed by atoms with E-state index in [1.165, 1.54) is 30.5 Å². The average Bonchev–Trinajstić information content (AvgIpc) is 2.92.